The third-order valence-electron chi connectivity index (χ3n) is 3.82. The zero-order chi connectivity index (χ0) is 12.8. The highest BCUT2D eigenvalue weighted by Crippen LogP contribution is 2.39. The SMILES string of the molecule is CCCNC(C#N)(COCC1CCCO1)C1CC1. The molecule has 4 heteroatoms. The van der Waals surface area contributed by atoms with Gasteiger partial charge in [-0.2, -0.15) is 5.26 Å². The summed E-state index contributed by atoms with van der Waals surface area (Å²) in [6, 6.07) is 2.46. The van der Waals surface area contributed by atoms with Gasteiger partial charge in [0.25, 0.3) is 0 Å². The summed E-state index contributed by atoms with van der Waals surface area (Å²) in [4.78, 5) is 0. The Bertz CT molecular complexity index is 293. The first kappa shape index (κ1) is 13.8. The maximum Gasteiger partial charge on any atom is 0.133 e. The van der Waals surface area contributed by atoms with Gasteiger partial charge >= 0.3 is 0 Å². The minimum Gasteiger partial charge on any atom is -0.376 e. The lowest BCUT2D eigenvalue weighted by Gasteiger charge is -2.28. The third-order valence-corrected chi connectivity index (χ3v) is 3.82. The number of hydrogen-bond acceptors (Lipinski definition) is 4. The molecule has 18 heavy (non-hydrogen) atoms. The molecule has 1 aliphatic heterocycles. The van der Waals surface area contributed by atoms with Gasteiger partial charge in [0.15, 0.2) is 0 Å². The standard InChI is InChI=1S/C14H24N2O2/c1-2-7-16-14(10-15,12-5-6-12)11-17-9-13-4-3-8-18-13/h12-13,16H,2-9,11H2,1H3. The molecule has 2 aliphatic rings. The Labute approximate surface area is 110 Å². The van der Waals surface area contributed by atoms with Crippen molar-refractivity contribution in [2.24, 2.45) is 5.92 Å². The van der Waals surface area contributed by atoms with E-state index in [1.807, 2.05) is 0 Å². The summed E-state index contributed by atoms with van der Waals surface area (Å²) in [7, 11) is 0. The van der Waals surface area contributed by atoms with Crippen LogP contribution in [0.15, 0.2) is 0 Å². The van der Waals surface area contributed by atoms with E-state index >= 15 is 0 Å². The third kappa shape index (κ3) is 3.44. The van der Waals surface area contributed by atoms with Gasteiger partial charge < -0.3 is 9.47 Å². The van der Waals surface area contributed by atoms with Gasteiger partial charge in [-0.3, -0.25) is 5.32 Å². The zero-order valence-corrected chi connectivity index (χ0v) is 11.3. The summed E-state index contributed by atoms with van der Waals surface area (Å²) in [5.74, 6) is 0.471. The number of nitrogens with one attached hydrogen (secondary N) is 1. The molecule has 1 N–H and O–H groups in total. The van der Waals surface area contributed by atoms with Crippen molar-refractivity contribution < 1.29 is 9.47 Å². The lowest BCUT2D eigenvalue weighted by Crippen LogP contribution is -2.50. The van der Waals surface area contributed by atoms with Crippen molar-refractivity contribution in [3.05, 3.63) is 0 Å². The number of nitrogens with zero attached hydrogens (tertiary/aromatic N) is 1. The molecule has 4 nitrogen and oxygen atoms in total. The van der Waals surface area contributed by atoms with Crippen molar-refractivity contribution in [2.75, 3.05) is 26.4 Å². The van der Waals surface area contributed by atoms with Gasteiger partial charge in [-0.05, 0) is 44.6 Å². The van der Waals surface area contributed by atoms with Crippen molar-refractivity contribution in [2.45, 2.75) is 50.7 Å². The van der Waals surface area contributed by atoms with Crippen LogP contribution in [0.3, 0.4) is 0 Å². The Balaban J connectivity index is 1.78. The van der Waals surface area contributed by atoms with Gasteiger partial charge in [-0.15, -0.1) is 0 Å². The van der Waals surface area contributed by atoms with Crippen molar-refractivity contribution in [1.29, 1.82) is 5.26 Å². The van der Waals surface area contributed by atoms with E-state index < -0.39 is 5.54 Å². The van der Waals surface area contributed by atoms with E-state index in [0.717, 1.165) is 45.3 Å². The van der Waals surface area contributed by atoms with Gasteiger partial charge in [-0.25, -0.2) is 0 Å². The largest absolute Gasteiger partial charge is 0.376 e. The van der Waals surface area contributed by atoms with Crippen LogP contribution in [0.2, 0.25) is 0 Å². The van der Waals surface area contributed by atoms with Crippen LogP contribution in [0, 0.1) is 17.2 Å². The normalized spacial score (nSPS) is 26.8. The summed E-state index contributed by atoms with van der Waals surface area (Å²) in [5, 5.41) is 12.9. The quantitative estimate of drug-likeness (QED) is 0.716. The van der Waals surface area contributed by atoms with E-state index in [4.69, 9.17) is 9.47 Å². The van der Waals surface area contributed by atoms with Crippen molar-refractivity contribution >= 4 is 0 Å². The Kier molecular flexibility index (Phi) is 4.99. The van der Waals surface area contributed by atoms with Crippen LogP contribution >= 0.6 is 0 Å². The second kappa shape index (κ2) is 6.51. The second-order valence-corrected chi connectivity index (χ2v) is 5.43. The Hall–Kier alpha value is -0.630. The molecule has 1 heterocycles. The molecule has 2 atom stereocenters. The Morgan fingerprint density at radius 2 is 2.28 bits per heavy atom. The number of ether oxygens (including phenoxy) is 2. The average molecular weight is 252 g/mol. The molecule has 2 unspecified atom stereocenters. The molecular formula is C14H24N2O2. The van der Waals surface area contributed by atoms with Gasteiger partial charge in [0.2, 0.25) is 0 Å². The summed E-state index contributed by atoms with van der Waals surface area (Å²) in [5.41, 5.74) is -0.464. The highest BCUT2D eigenvalue weighted by molar-refractivity contribution is 5.15. The highest BCUT2D eigenvalue weighted by atomic mass is 16.5. The fourth-order valence-corrected chi connectivity index (χ4v) is 2.53. The number of hydrogen-bond donors (Lipinski definition) is 1. The summed E-state index contributed by atoms with van der Waals surface area (Å²) < 4.78 is 11.3. The molecule has 0 aromatic carbocycles. The summed E-state index contributed by atoms with van der Waals surface area (Å²) in [6.45, 7) is 4.98. The van der Waals surface area contributed by atoms with E-state index in [2.05, 4.69) is 18.3 Å². The Morgan fingerprint density at radius 1 is 1.44 bits per heavy atom. The first-order valence-corrected chi connectivity index (χ1v) is 7.16. The first-order chi connectivity index (χ1) is 8.80. The molecule has 2 fully saturated rings. The fourth-order valence-electron chi connectivity index (χ4n) is 2.53. The molecule has 0 amide bonds. The van der Waals surface area contributed by atoms with E-state index in [1.165, 1.54) is 0 Å². The molecule has 1 saturated carbocycles. The van der Waals surface area contributed by atoms with E-state index in [1.54, 1.807) is 0 Å². The van der Waals surface area contributed by atoms with Crippen molar-refractivity contribution in [1.82, 2.24) is 5.32 Å². The lowest BCUT2D eigenvalue weighted by molar-refractivity contribution is -0.000680. The van der Waals surface area contributed by atoms with Crippen LogP contribution in [0.4, 0.5) is 0 Å². The topological polar surface area (TPSA) is 54.3 Å². The van der Waals surface area contributed by atoms with Crippen molar-refractivity contribution in [3.8, 4) is 6.07 Å². The van der Waals surface area contributed by atoms with Crippen molar-refractivity contribution in [3.63, 3.8) is 0 Å². The highest BCUT2D eigenvalue weighted by Gasteiger charge is 2.45. The van der Waals surface area contributed by atoms with Gasteiger partial charge in [0.1, 0.15) is 5.54 Å². The monoisotopic (exact) mass is 252 g/mol. The minimum absolute atomic E-state index is 0.242. The second-order valence-electron chi connectivity index (χ2n) is 5.43. The molecule has 1 aliphatic carbocycles. The predicted octanol–water partition coefficient (Wildman–Crippen LogP) is 1.85. The van der Waals surface area contributed by atoms with Crippen LogP contribution < -0.4 is 5.32 Å². The molecule has 0 radical (unpaired) electrons. The Morgan fingerprint density at radius 3 is 2.83 bits per heavy atom. The van der Waals surface area contributed by atoms with E-state index in [-0.39, 0.29) is 6.10 Å². The molecule has 2 rings (SSSR count). The maximum atomic E-state index is 9.48. The molecular weight excluding hydrogens is 228 g/mol. The first-order valence-electron chi connectivity index (χ1n) is 7.16. The smallest absolute Gasteiger partial charge is 0.133 e. The number of nitriles is 1. The van der Waals surface area contributed by atoms with Gasteiger partial charge in [0, 0.05) is 6.61 Å². The summed E-state index contributed by atoms with van der Waals surface area (Å²) in [6.07, 6.45) is 5.80. The van der Waals surface area contributed by atoms with Crippen LogP contribution in [0.1, 0.15) is 39.0 Å². The minimum atomic E-state index is -0.464. The molecule has 0 bridgehead atoms. The maximum absolute atomic E-state index is 9.48. The van der Waals surface area contributed by atoms with Gasteiger partial charge in [-0.1, -0.05) is 6.92 Å². The predicted molar refractivity (Wildman–Crippen MR) is 69.2 cm³/mol. The number of rotatable bonds is 8. The average Bonchev–Trinajstić information content (AvgIpc) is 3.12. The molecule has 0 spiro atoms. The van der Waals surface area contributed by atoms with Gasteiger partial charge in [0.05, 0.1) is 25.4 Å². The zero-order valence-electron chi connectivity index (χ0n) is 11.3. The fraction of sp³-hybridized carbons (Fsp3) is 0.929. The molecule has 0 aromatic rings. The van der Waals surface area contributed by atoms with E-state index in [0.29, 0.717) is 19.1 Å². The molecule has 0 aromatic heterocycles. The molecule has 102 valence electrons. The van der Waals surface area contributed by atoms with E-state index in [9.17, 15) is 5.26 Å². The van der Waals surface area contributed by atoms with Crippen LogP contribution in [0.25, 0.3) is 0 Å². The van der Waals surface area contributed by atoms with Crippen LogP contribution in [0.5, 0.6) is 0 Å². The molecule has 1 saturated heterocycles. The van der Waals surface area contributed by atoms with Crippen LogP contribution in [-0.4, -0.2) is 38.0 Å². The lowest BCUT2D eigenvalue weighted by atomic mass is 9.96. The summed E-state index contributed by atoms with van der Waals surface area (Å²) >= 11 is 0. The van der Waals surface area contributed by atoms with Crippen LogP contribution in [-0.2, 0) is 9.47 Å².